The second-order valence-corrected chi connectivity index (χ2v) is 6.69. The van der Waals surface area contributed by atoms with Gasteiger partial charge in [-0.2, -0.15) is 13.2 Å². The van der Waals surface area contributed by atoms with E-state index in [4.69, 9.17) is 0 Å². The van der Waals surface area contributed by atoms with Crippen LogP contribution in [0.25, 0.3) is 22.5 Å². The molecular weight excluding hydrogens is 482 g/mol. The third-order valence-electron chi connectivity index (χ3n) is 4.05. The average Bonchev–Trinajstić information content (AvgIpc) is 2.72. The van der Waals surface area contributed by atoms with Crippen LogP contribution in [0.15, 0.2) is 60.8 Å². The van der Waals surface area contributed by atoms with Gasteiger partial charge < -0.3 is 4.90 Å². The van der Waals surface area contributed by atoms with Gasteiger partial charge in [0.25, 0.3) is 5.91 Å². The summed E-state index contributed by atoms with van der Waals surface area (Å²) in [4.78, 5) is 22.1. The van der Waals surface area contributed by atoms with E-state index in [1.54, 1.807) is 43.4 Å². The Morgan fingerprint density at radius 1 is 1.07 bits per heavy atom. The standard InChI is InChI=1S/C20H15F3IN3O/c1-27(12-24)19(28)17-9-5-8-16(26-17)18-10-15(20(21,22)23)14(11-25-18)13-6-3-2-4-7-13/h2-11H,12H2,1H3. The number of amides is 1. The zero-order chi connectivity index (χ0) is 20.3. The van der Waals surface area contributed by atoms with Crippen LogP contribution in [0.2, 0.25) is 0 Å². The summed E-state index contributed by atoms with van der Waals surface area (Å²) >= 11 is 2.04. The van der Waals surface area contributed by atoms with E-state index in [0.717, 1.165) is 6.07 Å². The second-order valence-electron chi connectivity index (χ2n) is 6.01. The lowest BCUT2D eigenvalue weighted by Gasteiger charge is -2.15. The Kier molecular flexibility index (Phi) is 5.97. The molecule has 0 unspecified atom stereocenters. The molecule has 8 heteroatoms. The smallest absolute Gasteiger partial charge is 0.331 e. The number of carbonyl (C=O) groups is 1. The molecule has 4 nitrogen and oxygen atoms in total. The van der Waals surface area contributed by atoms with Gasteiger partial charge in [-0.15, -0.1) is 0 Å². The van der Waals surface area contributed by atoms with Crippen molar-refractivity contribution in [3.05, 3.63) is 72.1 Å². The third-order valence-corrected chi connectivity index (χ3v) is 5.07. The highest BCUT2D eigenvalue weighted by Gasteiger charge is 2.34. The molecule has 0 atom stereocenters. The summed E-state index contributed by atoms with van der Waals surface area (Å²) in [6.07, 6.45) is -3.36. The number of pyridine rings is 2. The molecule has 0 aliphatic carbocycles. The van der Waals surface area contributed by atoms with Crippen LogP contribution in [0.5, 0.6) is 0 Å². The first kappa shape index (κ1) is 20.2. The maximum absolute atomic E-state index is 13.7. The molecule has 0 radical (unpaired) electrons. The topological polar surface area (TPSA) is 46.1 Å². The van der Waals surface area contributed by atoms with Gasteiger partial charge >= 0.3 is 6.18 Å². The Balaban J connectivity index is 2.08. The van der Waals surface area contributed by atoms with Gasteiger partial charge in [0.15, 0.2) is 0 Å². The Bertz CT molecular complexity index is 993. The molecule has 2 heterocycles. The van der Waals surface area contributed by atoms with Crippen LogP contribution in [-0.4, -0.2) is 32.4 Å². The van der Waals surface area contributed by atoms with Crippen LogP contribution in [0.1, 0.15) is 16.1 Å². The highest BCUT2D eigenvalue weighted by atomic mass is 127. The summed E-state index contributed by atoms with van der Waals surface area (Å²) < 4.78 is 41.5. The van der Waals surface area contributed by atoms with Crippen molar-refractivity contribution in [2.75, 3.05) is 11.6 Å². The van der Waals surface area contributed by atoms with Gasteiger partial charge in [-0.05, 0) is 23.8 Å². The molecule has 0 fully saturated rings. The molecule has 0 aliphatic rings. The van der Waals surface area contributed by atoms with Crippen LogP contribution >= 0.6 is 22.6 Å². The zero-order valence-electron chi connectivity index (χ0n) is 14.7. The molecule has 1 aromatic carbocycles. The quantitative estimate of drug-likeness (QED) is 0.280. The molecule has 28 heavy (non-hydrogen) atoms. The van der Waals surface area contributed by atoms with E-state index in [0.29, 0.717) is 10.1 Å². The van der Waals surface area contributed by atoms with Gasteiger partial charge in [0.1, 0.15) is 5.69 Å². The van der Waals surface area contributed by atoms with Gasteiger partial charge in [0, 0.05) is 18.8 Å². The molecule has 0 spiro atoms. The number of hydrogen-bond donors (Lipinski definition) is 0. The molecule has 2 aromatic heterocycles. The van der Waals surface area contributed by atoms with Crippen LogP contribution in [0.3, 0.4) is 0 Å². The Morgan fingerprint density at radius 2 is 1.79 bits per heavy atom. The molecule has 1 amide bonds. The third kappa shape index (κ3) is 4.32. The summed E-state index contributed by atoms with van der Waals surface area (Å²) in [7, 11) is 1.62. The number of benzene rings is 1. The van der Waals surface area contributed by atoms with Gasteiger partial charge in [0.2, 0.25) is 0 Å². The number of carbonyl (C=O) groups excluding carboxylic acids is 1. The molecule has 3 rings (SSSR count). The lowest BCUT2D eigenvalue weighted by Crippen LogP contribution is -2.25. The zero-order valence-corrected chi connectivity index (χ0v) is 16.9. The first-order chi connectivity index (χ1) is 13.3. The summed E-state index contributed by atoms with van der Waals surface area (Å²) in [5.74, 6) is -0.312. The monoisotopic (exact) mass is 497 g/mol. The molecule has 0 saturated carbocycles. The normalized spacial score (nSPS) is 11.3. The predicted molar refractivity (Wildman–Crippen MR) is 109 cm³/mol. The highest BCUT2D eigenvalue weighted by Crippen LogP contribution is 2.38. The van der Waals surface area contributed by atoms with E-state index in [2.05, 4.69) is 9.97 Å². The molecule has 0 N–H and O–H groups in total. The summed E-state index contributed by atoms with van der Waals surface area (Å²) in [5.41, 5.74) is 0.0329. The van der Waals surface area contributed by atoms with E-state index >= 15 is 0 Å². The maximum Gasteiger partial charge on any atom is 0.417 e. The van der Waals surface area contributed by atoms with Gasteiger partial charge in [-0.3, -0.25) is 9.78 Å². The van der Waals surface area contributed by atoms with Crippen molar-refractivity contribution >= 4 is 28.5 Å². The fourth-order valence-electron chi connectivity index (χ4n) is 2.62. The van der Waals surface area contributed by atoms with Crippen molar-refractivity contribution in [3.8, 4) is 22.5 Å². The number of halogens is 4. The maximum atomic E-state index is 13.7. The van der Waals surface area contributed by atoms with Gasteiger partial charge in [-0.1, -0.05) is 59.0 Å². The lowest BCUT2D eigenvalue weighted by molar-refractivity contribution is -0.137. The predicted octanol–water partition coefficient (Wildman–Crippen LogP) is 5.29. The largest absolute Gasteiger partial charge is 0.417 e. The summed E-state index contributed by atoms with van der Waals surface area (Å²) in [5, 5.41) is 0. The molecule has 0 bridgehead atoms. The summed E-state index contributed by atoms with van der Waals surface area (Å²) in [6, 6.07) is 13.9. The Labute approximate surface area is 173 Å². The number of alkyl halides is 4. The Morgan fingerprint density at radius 3 is 2.43 bits per heavy atom. The highest BCUT2D eigenvalue weighted by molar-refractivity contribution is 14.1. The fraction of sp³-hybridized carbons (Fsp3) is 0.150. The fourth-order valence-corrected chi connectivity index (χ4v) is 2.93. The Hall–Kier alpha value is -2.49. The molecule has 3 aromatic rings. The number of aromatic nitrogens is 2. The van der Waals surface area contributed by atoms with E-state index in [1.807, 2.05) is 22.6 Å². The first-order valence-corrected chi connectivity index (χ1v) is 9.75. The average molecular weight is 497 g/mol. The second kappa shape index (κ2) is 8.26. The van der Waals surface area contributed by atoms with Crippen molar-refractivity contribution in [2.45, 2.75) is 6.18 Å². The minimum atomic E-state index is -4.56. The van der Waals surface area contributed by atoms with Crippen LogP contribution < -0.4 is 0 Å². The van der Waals surface area contributed by atoms with E-state index in [1.165, 1.54) is 23.2 Å². The first-order valence-electron chi connectivity index (χ1n) is 8.23. The molecule has 0 saturated heterocycles. The van der Waals surface area contributed by atoms with E-state index in [9.17, 15) is 18.0 Å². The number of nitrogens with zero attached hydrogens (tertiary/aromatic N) is 3. The SMILES string of the molecule is CN(CI)C(=O)c1cccc(-c2cc(C(F)(F)F)c(-c3ccccc3)cn2)n1. The molecule has 144 valence electrons. The number of rotatable bonds is 4. The van der Waals surface area contributed by atoms with Gasteiger partial charge in [-0.25, -0.2) is 4.98 Å². The molecular formula is C20H15F3IN3O. The van der Waals surface area contributed by atoms with E-state index in [-0.39, 0.29) is 28.6 Å². The van der Waals surface area contributed by atoms with Crippen LogP contribution in [0, 0.1) is 0 Å². The van der Waals surface area contributed by atoms with E-state index < -0.39 is 11.7 Å². The van der Waals surface area contributed by atoms with Crippen molar-refractivity contribution in [3.63, 3.8) is 0 Å². The minimum Gasteiger partial charge on any atom is -0.331 e. The lowest BCUT2D eigenvalue weighted by atomic mass is 10.00. The minimum absolute atomic E-state index is 0.00581. The van der Waals surface area contributed by atoms with Crippen LogP contribution in [0.4, 0.5) is 13.2 Å². The van der Waals surface area contributed by atoms with Crippen molar-refractivity contribution in [1.29, 1.82) is 0 Å². The van der Waals surface area contributed by atoms with Gasteiger partial charge in [0.05, 0.1) is 21.5 Å². The summed E-state index contributed by atoms with van der Waals surface area (Å²) in [6.45, 7) is 0. The number of hydrogen-bond acceptors (Lipinski definition) is 3. The van der Waals surface area contributed by atoms with Crippen molar-refractivity contribution in [2.24, 2.45) is 0 Å². The van der Waals surface area contributed by atoms with Crippen molar-refractivity contribution < 1.29 is 18.0 Å². The molecule has 0 aliphatic heterocycles. The van der Waals surface area contributed by atoms with Crippen molar-refractivity contribution in [1.82, 2.24) is 14.9 Å². The van der Waals surface area contributed by atoms with Crippen LogP contribution in [-0.2, 0) is 6.18 Å².